The maximum Gasteiger partial charge on any atom is 0.0834 e. The molecule has 0 amide bonds. The highest BCUT2D eigenvalue weighted by Crippen LogP contribution is 2.53. The number of fused-ring (bicyclic) bond motifs is 1. The number of likely N-dealkylation sites (tertiary alicyclic amines) is 1. The monoisotopic (exact) mass is 243 g/mol. The van der Waals surface area contributed by atoms with Crippen molar-refractivity contribution in [3.05, 3.63) is 35.4 Å². The van der Waals surface area contributed by atoms with Gasteiger partial charge < -0.3 is 9.64 Å². The Hall–Kier alpha value is -0.860. The van der Waals surface area contributed by atoms with Gasteiger partial charge in [-0.3, -0.25) is 0 Å². The molecule has 4 atom stereocenters. The summed E-state index contributed by atoms with van der Waals surface area (Å²) in [5.74, 6) is 0. The van der Waals surface area contributed by atoms with Crippen LogP contribution in [-0.4, -0.2) is 36.7 Å². The van der Waals surface area contributed by atoms with Crippen molar-refractivity contribution in [1.82, 2.24) is 4.90 Å². The summed E-state index contributed by atoms with van der Waals surface area (Å²) in [6.07, 6.45) is 4.45. The first-order chi connectivity index (χ1) is 8.71. The fraction of sp³-hybridized carbons (Fsp3) is 0.625. The van der Waals surface area contributed by atoms with Crippen LogP contribution in [0.3, 0.4) is 0 Å². The highest BCUT2D eigenvalue weighted by Gasteiger charge is 2.57. The number of nitrogens with zero attached hydrogens (tertiary/aromatic N) is 1. The molecule has 3 aliphatic rings. The first-order valence-corrected chi connectivity index (χ1v) is 7.15. The van der Waals surface area contributed by atoms with Gasteiger partial charge in [-0.15, -0.1) is 0 Å². The summed E-state index contributed by atoms with van der Waals surface area (Å²) in [4.78, 5) is 2.51. The Morgan fingerprint density at radius 2 is 2.17 bits per heavy atom. The minimum atomic E-state index is 0.311. The van der Waals surface area contributed by atoms with Crippen molar-refractivity contribution in [3.8, 4) is 0 Å². The molecule has 4 rings (SSSR count). The number of hydrogen-bond acceptors (Lipinski definition) is 2. The number of piperidine rings is 1. The number of hydrogen-bond donors (Lipinski definition) is 0. The lowest BCUT2D eigenvalue weighted by Gasteiger charge is -2.52. The van der Waals surface area contributed by atoms with Gasteiger partial charge in [0.15, 0.2) is 0 Å². The first-order valence-electron chi connectivity index (χ1n) is 7.15. The van der Waals surface area contributed by atoms with Gasteiger partial charge >= 0.3 is 0 Å². The molecule has 1 aromatic carbocycles. The summed E-state index contributed by atoms with van der Waals surface area (Å²) < 4.78 is 6.31. The Morgan fingerprint density at radius 3 is 3.06 bits per heavy atom. The molecule has 18 heavy (non-hydrogen) atoms. The van der Waals surface area contributed by atoms with E-state index in [4.69, 9.17) is 4.74 Å². The molecule has 2 bridgehead atoms. The quantitative estimate of drug-likeness (QED) is 0.693. The van der Waals surface area contributed by atoms with Crippen molar-refractivity contribution >= 4 is 0 Å². The Bertz CT molecular complexity index is 486. The number of likely N-dealkylation sites (N-methyl/N-ethyl adjacent to an activating group) is 1. The molecule has 0 N–H and O–H groups in total. The molecule has 0 aromatic heterocycles. The molecule has 2 nitrogen and oxygen atoms in total. The average Bonchev–Trinajstić information content (AvgIpc) is 2.72. The van der Waals surface area contributed by atoms with E-state index >= 15 is 0 Å². The van der Waals surface area contributed by atoms with Crippen molar-refractivity contribution < 1.29 is 4.74 Å². The fourth-order valence-electron chi connectivity index (χ4n) is 4.60. The van der Waals surface area contributed by atoms with Crippen LogP contribution in [0.25, 0.3) is 0 Å². The molecule has 0 spiro atoms. The third-order valence-electron chi connectivity index (χ3n) is 5.38. The van der Waals surface area contributed by atoms with Crippen LogP contribution in [0.2, 0.25) is 0 Å². The standard InChI is InChI=1S/C16H21NO/c1-11-10-16-7-8-17(2)14(15(16)18-11)9-12-5-3-4-6-13(12)16/h3-6,11,14-15H,7-10H2,1-2H3/t11?,14-,15-,16-/m1/s1. The van der Waals surface area contributed by atoms with Crippen molar-refractivity contribution in [3.63, 3.8) is 0 Å². The van der Waals surface area contributed by atoms with E-state index in [1.54, 1.807) is 11.1 Å². The molecule has 0 radical (unpaired) electrons. The van der Waals surface area contributed by atoms with E-state index in [-0.39, 0.29) is 0 Å². The molecule has 2 heterocycles. The summed E-state index contributed by atoms with van der Waals surface area (Å²) in [6, 6.07) is 9.64. The zero-order valence-corrected chi connectivity index (χ0v) is 11.2. The van der Waals surface area contributed by atoms with Crippen molar-refractivity contribution in [2.24, 2.45) is 0 Å². The number of benzene rings is 1. The zero-order chi connectivity index (χ0) is 12.3. The second-order valence-corrected chi connectivity index (χ2v) is 6.39. The first kappa shape index (κ1) is 11.0. The summed E-state index contributed by atoms with van der Waals surface area (Å²) >= 11 is 0. The molecule has 1 aromatic rings. The Morgan fingerprint density at radius 1 is 1.33 bits per heavy atom. The second kappa shape index (κ2) is 3.58. The minimum Gasteiger partial charge on any atom is -0.373 e. The highest BCUT2D eigenvalue weighted by molar-refractivity contribution is 5.42. The second-order valence-electron chi connectivity index (χ2n) is 6.39. The van der Waals surface area contributed by atoms with Gasteiger partial charge in [-0.2, -0.15) is 0 Å². The van der Waals surface area contributed by atoms with Gasteiger partial charge in [0.05, 0.1) is 12.2 Å². The van der Waals surface area contributed by atoms with Crippen LogP contribution in [-0.2, 0) is 16.6 Å². The van der Waals surface area contributed by atoms with E-state index < -0.39 is 0 Å². The fourth-order valence-corrected chi connectivity index (χ4v) is 4.60. The number of rotatable bonds is 0. The molecular weight excluding hydrogens is 222 g/mol. The van der Waals surface area contributed by atoms with Crippen LogP contribution < -0.4 is 0 Å². The van der Waals surface area contributed by atoms with E-state index in [0.717, 1.165) is 6.42 Å². The van der Waals surface area contributed by atoms with Crippen LogP contribution >= 0.6 is 0 Å². The third kappa shape index (κ3) is 1.25. The molecular formula is C16H21NO. The Labute approximate surface area is 109 Å². The van der Waals surface area contributed by atoms with Crippen LogP contribution in [0.5, 0.6) is 0 Å². The van der Waals surface area contributed by atoms with Crippen LogP contribution in [0.15, 0.2) is 24.3 Å². The third-order valence-corrected chi connectivity index (χ3v) is 5.38. The summed E-state index contributed by atoms with van der Waals surface area (Å²) in [6.45, 7) is 3.46. The lowest BCUT2D eigenvalue weighted by molar-refractivity contribution is -0.0515. The topological polar surface area (TPSA) is 12.5 Å². The molecule has 1 unspecified atom stereocenters. The zero-order valence-electron chi connectivity index (χ0n) is 11.2. The van der Waals surface area contributed by atoms with Gasteiger partial charge in [0, 0.05) is 11.5 Å². The van der Waals surface area contributed by atoms with E-state index in [1.165, 1.54) is 19.4 Å². The molecule has 2 heteroatoms. The maximum atomic E-state index is 6.31. The van der Waals surface area contributed by atoms with Gasteiger partial charge in [-0.25, -0.2) is 0 Å². The Balaban J connectivity index is 1.91. The minimum absolute atomic E-state index is 0.311. The van der Waals surface area contributed by atoms with Gasteiger partial charge in [0.2, 0.25) is 0 Å². The van der Waals surface area contributed by atoms with Crippen LogP contribution in [0.4, 0.5) is 0 Å². The predicted molar refractivity (Wildman–Crippen MR) is 71.8 cm³/mol. The van der Waals surface area contributed by atoms with Crippen molar-refractivity contribution in [1.29, 1.82) is 0 Å². The van der Waals surface area contributed by atoms with E-state index in [2.05, 4.69) is 43.1 Å². The molecule has 96 valence electrons. The van der Waals surface area contributed by atoms with Crippen molar-refractivity contribution in [2.45, 2.75) is 49.9 Å². The summed E-state index contributed by atoms with van der Waals surface area (Å²) in [5, 5.41) is 0. The lowest BCUT2D eigenvalue weighted by Crippen LogP contribution is -2.60. The predicted octanol–water partition coefficient (Wildman–Crippen LogP) is 2.36. The van der Waals surface area contributed by atoms with E-state index in [9.17, 15) is 0 Å². The van der Waals surface area contributed by atoms with Gasteiger partial charge in [-0.1, -0.05) is 24.3 Å². The SMILES string of the molecule is CC1C[C@]23CCN(C)[C@H](Cc4ccccc42)[C@H]3O1. The average molecular weight is 243 g/mol. The lowest BCUT2D eigenvalue weighted by atomic mass is 9.61. The maximum absolute atomic E-state index is 6.31. The van der Waals surface area contributed by atoms with Crippen LogP contribution in [0, 0.1) is 0 Å². The van der Waals surface area contributed by atoms with E-state index in [1.807, 2.05) is 0 Å². The number of ether oxygens (including phenoxy) is 1. The van der Waals surface area contributed by atoms with Gasteiger partial charge in [0.1, 0.15) is 0 Å². The summed E-state index contributed by atoms with van der Waals surface area (Å²) in [7, 11) is 2.26. The molecule has 2 fully saturated rings. The molecule has 0 saturated carbocycles. The smallest absolute Gasteiger partial charge is 0.0834 e. The van der Waals surface area contributed by atoms with Crippen LogP contribution in [0.1, 0.15) is 30.9 Å². The largest absolute Gasteiger partial charge is 0.373 e. The summed E-state index contributed by atoms with van der Waals surface area (Å²) in [5.41, 5.74) is 3.46. The molecule has 1 aliphatic carbocycles. The molecule has 2 saturated heterocycles. The van der Waals surface area contributed by atoms with Crippen molar-refractivity contribution in [2.75, 3.05) is 13.6 Å². The van der Waals surface area contributed by atoms with E-state index in [0.29, 0.717) is 23.7 Å². The van der Waals surface area contributed by atoms with Gasteiger partial charge in [0.25, 0.3) is 0 Å². The van der Waals surface area contributed by atoms with Gasteiger partial charge in [-0.05, 0) is 50.9 Å². The molecule has 2 aliphatic heterocycles. The Kier molecular flexibility index (Phi) is 2.19. The normalized spacial score (nSPS) is 42.4. The highest BCUT2D eigenvalue weighted by atomic mass is 16.5.